The molecule has 6 nitrogen and oxygen atoms in total. The van der Waals surface area contributed by atoms with Crippen molar-refractivity contribution in [3.63, 3.8) is 0 Å². The molecule has 0 aliphatic heterocycles. The number of Topliss-reactive ketones (excluding diaryl/α,β-unsaturated/α-hetero) is 1. The van der Waals surface area contributed by atoms with Crippen LogP contribution in [0.4, 0.5) is 0 Å². The molecule has 0 aliphatic rings. The summed E-state index contributed by atoms with van der Waals surface area (Å²) in [6, 6.07) is 6.70. The molecule has 2 rings (SSSR count). The summed E-state index contributed by atoms with van der Waals surface area (Å²) in [5, 5.41) is 0. The van der Waals surface area contributed by atoms with E-state index in [1.807, 2.05) is 0 Å². The Bertz CT molecular complexity index is 840. The second-order valence-corrected chi connectivity index (χ2v) is 6.45. The average molecular weight is 408 g/mol. The molecule has 0 bridgehead atoms. The molecule has 0 amide bonds. The van der Waals surface area contributed by atoms with E-state index in [4.69, 9.17) is 9.47 Å². The predicted octanol–water partition coefficient (Wildman–Crippen LogP) is 3.61. The van der Waals surface area contributed by atoms with E-state index in [0.29, 0.717) is 22.4 Å². The highest BCUT2D eigenvalue weighted by molar-refractivity contribution is 9.10. The third-order valence-electron chi connectivity index (χ3n) is 3.79. The molecule has 2 aromatic rings. The Morgan fingerprint density at radius 3 is 2.44 bits per heavy atom. The van der Waals surface area contributed by atoms with Crippen molar-refractivity contribution in [2.24, 2.45) is 0 Å². The third-order valence-corrected chi connectivity index (χ3v) is 4.28. The molecule has 7 heteroatoms. The quantitative estimate of drug-likeness (QED) is 0.604. The molecule has 0 aliphatic carbocycles. The van der Waals surface area contributed by atoms with Gasteiger partial charge >= 0.3 is 11.9 Å². The Morgan fingerprint density at radius 2 is 1.84 bits per heavy atom. The number of carbonyl (C=O) groups excluding carboxylic acids is 3. The van der Waals surface area contributed by atoms with Gasteiger partial charge < -0.3 is 14.5 Å². The van der Waals surface area contributed by atoms with Crippen LogP contribution in [0, 0.1) is 13.8 Å². The summed E-state index contributed by atoms with van der Waals surface area (Å²) in [5.74, 6) is -1.54. The van der Waals surface area contributed by atoms with E-state index < -0.39 is 23.8 Å². The maximum atomic E-state index is 12.6. The second kappa shape index (κ2) is 7.65. The van der Waals surface area contributed by atoms with E-state index in [1.54, 1.807) is 38.1 Å². The average Bonchev–Trinajstić information content (AvgIpc) is 2.87. The van der Waals surface area contributed by atoms with Crippen molar-refractivity contribution in [3.8, 4) is 0 Å². The fourth-order valence-corrected chi connectivity index (χ4v) is 2.90. The maximum absolute atomic E-state index is 12.6. The summed E-state index contributed by atoms with van der Waals surface area (Å²) in [6.45, 7) is 4.81. The number of aryl methyl sites for hydroxylation is 1. The van der Waals surface area contributed by atoms with Gasteiger partial charge in [0, 0.05) is 10.2 Å². The molecule has 1 N–H and O–H groups in total. The van der Waals surface area contributed by atoms with Crippen LogP contribution >= 0.6 is 15.9 Å². The lowest BCUT2D eigenvalue weighted by Crippen LogP contribution is -2.25. The number of hydrogen-bond donors (Lipinski definition) is 1. The fourth-order valence-electron chi connectivity index (χ4n) is 2.51. The number of rotatable bonds is 5. The third kappa shape index (κ3) is 3.99. The van der Waals surface area contributed by atoms with Gasteiger partial charge in [-0.25, -0.2) is 9.59 Å². The monoisotopic (exact) mass is 407 g/mol. The summed E-state index contributed by atoms with van der Waals surface area (Å²) in [5.41, 5.74) is 1.88. The highest BCUT2D eigenvalue weighted by Crippen LogP contribution is 2.21. The summed E-state index contributed by atoms with van der Waals surface area (Å²) >= 11 is 3.28. The van der Waals surface area contributed by atoms with Gasteiger partial charge in [0.1, 0.15) is 0 Å². The number of ketones is 1. The molecule has 0 radical (unpaired) electrons. The minimum Gasteiger partial charge on any atom is -0.465 e. The van der Waals surface area contributed by atoms with E-state index in [1.165, 1.54) is 14.0 Å². The molecule has 0 spiro atoms. The number of benzene rings is 1. The molecule has 1 aromatic heterocycles. The van der Waals surface area contributed by atoms with Crippen LogP contribution in [0.15, 0.2) is 28.7 Å². The topological polar surface area (TPSA) is 85.5 Å². The smallest absolute Gasteiger partial charge is 0.339 e. The van der Waals surface area contributed by atoms with Crippen LogP contribution in [0.25, 0.3) is 0 Å². The first-order chi connectivity index (χ1) is 11.8. The van der Waals surface area contributed by atoms with Crippen molar-refractivity contribution < 1.29 is 23.9 Å². The van der Waals surface area contributed by atoms with E-state index >= 15 is 0 Å². The van der Waals surface area contributed by atoms with Crippen LogP contribution in [0.2, 0.25) is 0 Å². The molecule has 25 heavy (non-hydrogen) atoms. The Morgan fingerprint density at radius 1 is 1.16 bits per heavy atom. The van der Waals surface area contributed by atoms with Gasteiger partial charge in [0.2, 0.25) is 5.78 Å². The van der Waals surface area contributed by atoms with Crippen LogP contribution in [0.1, 0.15) is 49.4 Å². The zero-order chi connectivity index (χ0) is 18.7. The lowest BCUT2D eigenvalue weighted by atomic mass is 10.1. The first-order valence-corrected chi connectivity index (χ1v) is 8.33. The van der Waals surface area contributed by atoms with E-state index in [0.717, 1.165) is 4.47 Å². The Kier molecular flexibility index (Phi) is 5.79. The largest absolute Gasteiger partial charge is 0.465 e. The van der Waals surface area contributed by atoms with E-state index in [2.05, 4.69) is 20.9 Å². The highest BCUT2D eigenvalue weighted by atomic mass is 79.9. The number of ether oxygens (including phenoxy) is 2. The lowest BCUT2D eigenvalue weighted by Gasteiger charge is -2.12. The van der Waals surface area contributed by atoms with Gasteiger partial charge in [0.15, 0.2) is 6.10 Å². The van der Waals surface area contributed by atoms with Crippen LogP contribution in [-0.4, -0.2) is 35.9 Å². The Balaban J connectivity index is 2.20. The van der Waals surface area contributed by atoms with Gasteiger partial charge in [0.05, 0.1) is 23.9 Å². The molecule has 1 heterocycles. The first kappa shape index (κ1) is 18.9. The van der Waals surface area contributed by atoms with Crippen LogP contribution in [0.3, 0.4) is 0 Å². The Labute approximate surface area is 153 Å². The zero-order valence-corrected chi connectivity index (χ0v) is 15.9. The molecule has 0 fully saturated rings. The summed E-state index contributed by atoms with van der Waals surface area (Å²) < 4.78 is 10.7. The predicted molar refractivity (Wildman–Crippen MR) is 95.0 cm³/mol. The van der Waals surface area contributed by atoms with Crippen molar-refractivity contribution in [2.45, 2.75) is 26.9 Å². The first-order valence-electron chi connectivity index (χ1n) is 7.54. The van der Waals surface area contributed by atoms with Crippen LogP contribution < -0.4 is 0 Å². The lowest BCUT2D eigenvalue weighted by molar-refractivity contribution is 0.0316. The number of carbonyl (C=O) groups is 3. The van der Waals surface area contributed by atoms with Crippen molar-refractivity contribution in [2.75, 3.05) is 7.11 Å². The molecule has 0 saturated carbocycles. The van der Waals surface area contributed by atoms with Crippen molar-refractivity contribution in [1.29, 1.82) is 0 Å². The minimum absolute atomic E-state index is 0.229. The number of methoxy groups -OCH3 is 1. The summed E-state index contributed by atoms with van der Waals surface area (Å²) in [4.78, 5) is 39.5. The molecule has 0 unspecified atom stereocenters. The molecule has 0 saturated heterocycles. The highest BCUT2D eigenvalue weighted by Gasteiger charge is 2.27. The van der Waals surface area contributed by atoms with Gasteiger partial charge in [-0.15, -0.1) is 0 Å². The molecule has 132 valence electrons. The molecule has 1 aromatic carbocycles. The minimum atomic E-state index is -1.01. The zero-order valence-electron chi connectivity index (χ0n) is 14.3. The number of aromatic nitrogens is 1. The second-order valence-electron chi connectivity index (χ2n) is 5.54. The number of aromatic amines is 1. The van der Waals surface area contributed by atoms with Gasteiger partial charge in [-0.05, 0) is 44.5 Å². The summed E-state index contributed by atoms with van der Waals surface area (Å²) in [7, 11) is 1.28. The number of hydrogen-bond acceptors (Lipinski definition) is 5. The normalized spacial score (nSPS) is 11.7. The summed E-state index contributed by atoms with van der Waals surface area (Å²) in [6.07, 6.45) is -1.01. The molecule has 1 atom stereocenters. The fraction of sp³-hybridized carbons (Fsp3) is 0.278. The number of H-pyrrole nitrogens is 1. The Hall–Kier alpha value is -2.41. The van der Waals surface area contributed by atoms with Crippen molar-refractivity contribution >= 4 is 33.7 Å². The van der Waals surface area contributed by atoms with Crippen LogP contribution in [0.5, 0.6) is 0 Å². The number of nitrogens with one attached hydrogen (secondary N) is 1. The molecular weight excluding hydrogens is 390 g/mol. The SMILES string of the molecule is COC(=O)c1c(C)[nH]c(C(=O)[C@H](C)OC(=O)c2cccc(Br)c2)c1C. The van der Waals surface area contributed by atoms with Crippen molar-refractivity contribution in [3.05, 3.63) is 56.8 Å². The van der Waals surface area contributed by atoms with E-state index in [9.17, 15) is 14.4 Å². The van der Waals surface area contributed by atoms with Gasteiger partial charge in [-0.2, -0.15) is 0 Å². The van der Waals surface area contributed by atoms with Gasteiger partial charge in [-0.3, -0.25) is 4.79 Å². The maximum Gasteiger partial charge on any atom is 0.339 e. The van der Waals surface area contributed by atoms with Gasteiger partial charge in [0.25, 0.3) is 0 Å². The number of esters is 2. The number of halogens is 1. The van der Waals surface area contributed by atoms with Gasteiger partial charge in [-0.1, -0.05) is 22.0 Å². The standard InChI is InChI=1S/C18H18BrNO5/c1-9-14(18(23)24-4)10(2)20-15(9)16(21)11(3)25-17(22)12-6-5-7-13(19)8-12/h5-8,11,20H,1-4H3/t11-/m0/s1. The van der Waals surface area contributed by atoms with E-state index in [-0.39, 0.29) is 5.69 Å². The van der Waals surface area contributed by atoms with Crippen LogP contribution in [-0.2, 0) is 9.47 Å². The molecular formula is C18H18BrNO5. The van der Waals surface area contributed by atoms with Crippen molar-refractivity contribution in [1.82, 2.24) is 4.98 Å².